The van der Waals surface area contributed by atoms with Crippen LogP contribution in [-0.2, 0) is 0 Å². The Morgan fingerprint density at radius 3 is 2.29 bits per heavy atom. The van der Waals surface area contributed by atoms with Gasteiger partial charge >= 0.3 is 0 Å². The molecule has 1 aliphatic heterocycles. The number of rotatable bonds is 1. The molecular weight excluding hydrogens is 112 g/mol. The summed E-state index contributed by atoms with van der Waals surface area (Å²) in [6, 6.07) is 0. The first-order valence-electron chi connectivity index (χ1n) is 2.46. The zero-order chi connectivity index (χ0) is 5.11. The van der Waals surface area contributed by atoms with Crippen LogP contribution in [0.15, 0.2) is 0 Å². The summed E-state index contributed by atoms with van der Waals surface area (Å²) in [5, 5.41) is 6.33. The Morgan fingerprint density at radius 2 is 2.00 bits per heavy atom. The third-order valence-corrected chi connectivity index (χ3v) is 1.37. The molecule has 0 unspecified atom stereocenters. The molecule has 0 radical (unpaired) electrons. The second-order valence-corrected chi connectivity index (χ2v) is 1.92. The molecule has 2 N–H and O–H groups in total. The van der Waals surface area contributed by atoms with Gasteiger partial charge in [-0.1, -0.05) is 0 Å². The first-order valence-corrected chi connectivity index (χ1v) is 2.99. The number of halogens is 1. The van der Waals surface area contributed by atoms with Gasteiger partial charge in [-0.15, -0.1) is 11.6 Å². The fourth-order valence-corrected chi connectivity index (χ4v) is 0.892. The van der Waals surface area contributed by atoms with E-state index in [1.807, 2.05) is 0 Å². The molecule has 0 bridgehead atoms. The van der Waals surface area contributed by atoms with Gasteiger partial charge < -0.3 is 0 Å². The Morgan fingerprint density at radius 1 is 1.43 bits per heavy atom. The minimum Gasteiger partial charge on any atom is -0.300 e. The largest absolute Gasteiger partial charge is 0.300 e. The van der Waals surface area contributed by atoms with Gasteiger partial charge in [-0.2, -0.15) is 0 Å². The average molecular weight is 121 g/mol. The minimum atomic E-state index is 0.363. The summed E-state index contributed by atoms with van der Waals surface area (Å²) in [6.45, 7) is 2.11. The van der Waals surface area contributed by atoms with Gasteiger partial charge in [0.25, 0.3) is 0 Å². The highest BCUT2D eigenvalue weighted by Crippen LogP contribution is 1.86. The predicted octanol–water partition coefficient (Wildman–Crippen LogP) is -0.256. The van der Waals surface area contributed by atoms with E-state index in [-0.39, 0.29) is 0 Å². The van der Waals surface area contributed by atoms with Crippen LogP contribution in [0.4, 0.5) is 0 Å². The molecule has 3 heteroatoms. The van der Waals surface area contributed by atoms with Crippen molar-refractivity contribution in [1.29, 1.82) is 0 Å². The van der Waals surface area contributed by atoms with E-state index in [0.29, 0.717) is 12.0 Å². The Labute approximate surface area is 48.2 Å². The van der Waals surface area contributed by atoms with Crippen molar-refractivity contribution in [3.8, 4) is 0 Å². The van der Waals surface area contributed by atoms with E-state index in [1.165, 1.54) is 0 Å². The summed E-state index contributed by atoms with van der Waals surface area (Å²) in [5.74, 6) is 0.667. The molecule has 0 spiro atoms. The van der Waals surface area contributed by atoms with E-state index in [1.54, 1.807) is 0 Å². The lowest BCUT2D eigenvalue weighted by Crippen LogP contribution is -2.32. The van der Waals surface area contributed by atoms with Gasteiger partial charge in [0.05, 0.1) is 12.0 Å². The smallest absolute Gasteiger partial charge is 0.0712 e. The van der Waals surface area contributed by atoms with Crippen molar-refractivity contribution in [3.63, 3.8) is 0 Å². The van der Waals surface area contributed by atoms with Crippen molar-refractivity contribution in [3.05, 3.63) is 0 Å². The van der Waals surface area contributed by atoms with Crippen LogP contribution in [0.2, 0.25) is 0 Å². The molecular formula is C4H9ClN2. The molecule has 1 saturated heterocycles. The predicted molar refractivity (Wildman–Crippen MR) is 30.5 cm³/mol. The number of alkyl halides is 1. The lowest BCUT2D eigenvalue weighted by Gasteiger charge is -2.02. The Kier molecular flexibility index (Phi) is 1.91. The van der Waals surface area contributed by atoms with E-state index < -0.39 is 0 Å². The van der Waals surface area contributed by atoms with Crippen LogP contribution in [0, 0.1) is 0 Å². The molecule has 0 aromatic carbocycles. The van der Waals surface area contributed by atoms with Crippen LogP contribution < -0.4 is 10.6 Å². The van der Waals surface area contributed by atoms with Crippen LogP contribution in [0.25, 0.3) is 0 Å². The lowest BCUT2D eigenvalue weighted by molar-refractivity contribution is 0.612. The van der Waals surface area contributed by atoms with E-state index in [4.69, 9.17) is 11.6 Å². The van der Waals surface area contributed by atoms with Crippen LogP contribution in [0.1, 0.15) is 0 Å². The van der Waals surface area contributed by atoms with Crippen LogP contribution in [0.5, 0.6) is 0 Å². The van der Waals surface area contributed by atoms with Crippen LogP contribution in [0.3, 0.4) is 0 Å². The monoisotopic (exact) mass is 120 g/mol. The van der Waals surface area contributed by atoms with Crippen molar-refractivity contribution in [2.45, 2.75) is 6.17 Å². The van der Waals surface area contributed by atoms with Crippen molar-refractivity contribution >= 4 is 11.6 Å². The normalized spacial score (nSPS) is 23.6. The van der Waals surface area contributed by atoms with Crippen molar-refractivity contribution in [2.75, 3.05) is 19.0 Å². The highest BCUT2D eigenvalue weighted by atomic mass is 35.5. The maximum Gasteiger partial charge on any atom is 0.0712 e. The van der Waals surface area contributed by atoms with Crippen molar-refractivity contribution in [2.24, 2.45) is 0 Å². The van der Waals surface area contributed by atoms with Gasteiger partial charge in [-0.25, -0.2) is 0 Å². The Hall–Kier alpha value is 0.210. The molecule has 0 aromatic rings. The van der Waals surface area contributed by atoms with E-state index in [0.717, 1.165) is 13.1 Å². The molecule has 7 heavy (non-hydrogen) atoms. The zero-order valence-electron chi connectivity index (χ0n) is 4.08. The highest BCUT2D eigenvalue weighted by Gasteiger charge is 2.09. The summed E-state index contributed by atoms with van der Waals surface area (Å²) in [7, 11) is 0. The molecule has 0 saturated carbocycles. The molecule has 42 valence electrons. The maximum absolute atomic E-state index is 5.48. The van der Waals surface area contributed by atoms with Gasteiger partial charge in [0.1, 0.15) is 0 Å². The average Bonchev–Trinajstić information content (AvgIpc) is 2.14. The number of nitrogens with one attached hydrogen (secondary N) is 2. The summed E-state index contributed by atoms with van der Waals surface area (Å²) >= 11 is 5.48. The van der Waals surface area contributed by atoms with Gasteiger partial charge in [0.15, 0.2) is 0 Å². The fourth-order valence-electron chi connectivity index (χ4n) is 0.674. The third kappa shape index (κ3) is 1.30. The second kappa shape index (κ2) is 2.50. The highest BCUT2D eigenvalue weighted by molar-refractivity contribution is 6.18. The van der Waals surface area contributed by atoms with Crippen molar-refractivity contribution in [1.82, 2.24) is 10.6 Å². The molecule has 0 atom stereocenters. The Bertz CT molecular complexity index is 51.7. The van der Waals surface area contributed by atoms with Gasteiger partial charge in [0, 0.05) is 13.1 Å². The van der Waals surface area contributed by atoms with Gasteiger partial charge in [-0.3, -0.25) is 10.6 Å². The number of hydrogen-bond acceptors (Lipinski definition) is 2. The molecule has 0 aliphatic carbocycles. The summed E-state index contributed by atoms with van der Waals surface area (Å²) in [5.41, 5.74) is 0. The first-order chi connectivity index (χ1) is 3.43. The standard InChI is InChI=1S/C4H9ClN2/c5-3-4-6-1-2-7-4/h4,6-7H,1-3H2. The van der Waals surface area contributed by atoms with E-state index >= 15 is 0 Å². The zero-order valence-corrected chi connectivity index (χ0v) is 4.83. The van der Waals surface area contributed by atoms with Gasteiger partial charge in [0.2, 0.25) is 0 Å². The molecule has 1 rings (SSSR count). The SMILES string of the molecule is ClCC1NCCN1. The number of hydrogen-bond donors (Lipinski definition) is 2. The van der Waals surface area contributed by atoms with Crippen molar-refractivity contribution < 1.29 is 0 Å². The lowest BCUT2D eigenvalue weighted by atomic mass is 10.6. The van der Waals surface area contributed by atoms with Gasteiger partial charge in [-0.05, 0) is 0 Å². The maximum atomic E-state index is 5.48. The summed E-state index contributed by atoms with van der Waals surface area (Å²) < 4.78 is 0. The molecule has 0 amide bonds. The van der Waals surface area contributed by atoms with Crippen LogP contribution in [-0.4, -0.2) is 25.1 Å². The summed E-state index contributed by atoms with van der Waals surface area (Å²) in [6.07, 6.45) is 0.363. The Balaban J connectivity index is 2.14. The molecule has 1 aliphatic rings. The third-order valence-electron chi connectivity index (χ3n) is 1.06. The topological polar surface area (TPSA) is 24.1 Å². The molecule has 2 nitrogen and oxygen atoms in total. The molecule has 0 aromatic heterocycles. The second-order valence-electron chi connectivity index (χ2n) is 1.62. The summed E-state index contributed by atoms with van der Waals surface area (Å²) in [4.78, 5) is 0. The first kappa shape index (κ1) is 5.35. The van der Waals surface area contributed by atoms with Crippen LogP contribution >= 0.6 is 11.6 Å². The fraction of sp³-hybridized carbons (Fsp3) is 1.00. The molecule has 1 fully saturated rings. The quantitative estimate of drug-likeness (QED) is 0.466. The minimum absolute atomic E-state index is 0.363. The van der Waals surface area contributed by atoms with E-state index in [2.05, 4.69) is 10.6 Å². The molecule has 1 heterocycles. The van der Waals surface area contributed by atoms with E-state index in [9.17, 15) is 0 Å².